The summed E-state index contributed by atoms with van der Waals surface area (Å²) in [6, 6.07) is 23.2. The molecule has 118 valence electrons. The maximum atomic E-state index is 6.05. The molecule has 0 atom stereocenters. The Labute approximate surface area is 149 Å². The molecule has 2 nitrogen and oxygen atoms in total. The Morgan fingerprint density at radius 3 is 2.52 bits per heavy atom. The summed E-state index contributed by atoms with van der Waals surface area (Å²) in [5.74, 6) is 0.407. The van der Waals surface area contributed by atoms with Crippen LogP contribution in [0.15, 0.2) is 83.3 Å². The molecule has 1 aliphatic rings. The number of aliphatic imine (C=N–C) groups is 1. The van der Waals surface area contributed by atoms with Gasteiger partial charge in [-0.25, -0.2) is 4.99 Å². The van der Waals surface area contributed by atoms with Crippen molar-refractivity contribution in [3.63, 3.8) is 0 Å². The minimum atomic E-state index is 0.407. The van der Waals surface area contributed by atoms with E-state index in [4.69, 9.17) is 5.73 Å². The van der Waals surface area contributed by atoms with Gasteiger partial charge < -0.3 is 5.73 Å². The SMILES string of the molecule is NC1=C=Cc2ccccc2C(c2cccc3c2sc2ccccc23)=N1. The summed E-state index contributed by atoms with van der Waals surface area (Å²) in [7, 11) is 0. The molecule has 5 rings (SSSR count). The lowest BCUT2D eigenvalue weighted by Crippen LogP contribution is -2.07. The molecule has 3 aromatic carbocycles. The van der Waals surface area contributed by atoms with Gasteiger partial charge in [-0.3, -0.25) is 0 Å². The van der Waals surface area contributed by atoms with Crippen molar-refractivity contribution in [3.8, 4) is 0 Å². The van der Waals surface area contributed by atoms with Gasteiger partial charge in [0.25, 0.3) is 0 Å². The maximum Gasteiger partial charge on any atom is 0.168 e. The number of rotatable bonds is 1. The summed E-state index contributed by atoms with van der Waals surface area (Å²) >= 11 is 1.80. The zero-order valence-corrected chi connectivity index (χ0v) is 14.2. The number of hydrogen-bond acceptors (Lipinski definition) is 3. The van der Waals surface area contributed by atoms with Crippen molar-refractivity contribution in [1.29, 1.82) is 0 Å². The molecule has 3 heteroatoms. The Hall–Kier alpha value is -3.13. The zero-order valence-electron chi connectivity index (χ0n) is 13.4. The molecular formula is C22H14N2S. The lowest BCUT2D eigenvalue weighted by atomic mass is 9.96. The van der Waals surface area contributed by atoms with Crippen molar-refractivity contribution in [2.75, 3.05) is 0 Å². The molecule has 2 heterocycles. The predicted octanol–water partition coefficient (Wildman–Crippen LogP) is 5.32. The number of fused-ring (bicyclic) bond motifs is 4. The van der Waals surface area contributed by atoms with Gasteiger partial charge in [0, 0.05) is 31.3 Å². The van der Waals surface area contributed by atoms with E-state index in [9.17, 15) is 0 Å². The minimum Gasteiger partial charge on any atom is -0.377 e. The number of thiophene rings is 1. The normalized spacial score (nSPS) is 13.4. The van der Waals surface area contributed by atoms with Crippen molar-refractivity contribution in [3.05, 3.63) is 95.0 Å². The smallest absolute Gasteiger partial charge is 0.168 e. The molecule has 0 amide bonds. The van der Waals surface area contributed by atoms with Crippen molar-refractivity contribution in [1.82, 2.24) is 0 Å². The Balaban J connectivity index is 1.87. The second-order valence-corrected chi connectivity index (χ2v) is 7.05. The van der Waals surface area contributed by atoms with Crippen molar-refractivity contribution in [2.24, 2.45) is 10.7 Å². The molecule has 0 aliphatic carbocycles. The molecule has 0 bridgehead atoms. The highest BCUT2D eigenvalue weighted by atomic mass is 32.1. The van der Waals surface area contributed by atoms with Gasteiger partial charge in [0.15, 0.2) is 5.82 Å². The molecule has 0 radical (unpaired) electrons. The third kappa shape index (κ3) is 2.22. The van der Waals surface area contributed by atoms with E-state index in [2.05, 4.69) is 65.3 Å². The second kappa shape index (κ2) is 5.45. The first-order valence-corrected chi connectivity index (χ1v) is 8.94. The fraction of sp³-hybridized carbons (Fsp3) is 0. The highest BCUT2D eigenvalue weighted by molar-refractivity contribution is 7.26. The quantitative estimate of drug-likeness (QED) is 0.469. The molecule has 1 aromatic heterocycles. The van der Waals surface area contributed by atoms with Gasteiger partial charge >= 0.3 is 0 Å². The monoisotopic (exact) mass is 338 g/mol. The van der Waals surface area contributed by atoms with Gasteiger partial charge in [-0.1, -0.05) is 66.4 Å². The Morgan fingerprint density at radius 2 is 1.56 bits per heavy atom. The second-order valence-electron chi connectivity index (χ2n) is 6.00. The number of benzene rings is 3. The third-order valence-electron chi connectivity index (χ3n) is 4.48. The predicted molar refractivity (Wildman–Crippen MR) is 107 cm³/mol. The lowest BCUT2D eigenvalue weighted by molar-refractivity contribution is 1.26. The number of hydrogen-bond donors (Lipinski definition) is 1. The van der Waals surface area contributed by atoms with E-state index in [0.29, 0.717) is 5.82 Å². The summed E-state index contributed by atoms with van der Waals surface area (Å²) in [4.78, 5) is 4.68. The lowest BCUT2D eigenvalue weighted by Gasteiger charge is -2.10. The van der Waals surface area contributed by atoms with Gasteiger partial charge in [-0.15, -0.1) is 11.3 Å². The van der Waals surface area contributed by atoms with Gasteiger partial charge in [-0.2, -0.15) is 0 Å². The molecule has 0 saturated carbocycles. The molecule has 0 saturated heterocycles. The first-order chi connectivity index (χ1) is 12.3. The van der Waals surface area contributed by atoms with Crippen molar-refractivity contribution < 1.29 is 0 Å². The van der Waals surface area contributed by atoms with E-state index in [1.165, 1.54) is 20.2 Å². The summed E-state index contributed by atoms with van der Waals surface area (Å²) in [6.07, 6.45) is 1.91. The molecule has 0 spiro atoms. The van der Waals surface area contributed by atoms with Crippen LogP contribution in [0.5, 0.6) is 0 Å². The summed E-state index contributed by atoms with van der Waals surface area (Å²) in [5.41, 5.74) is 13.3. The minimum absolute atomic E-state index is 0.407. The van der Waals surface area contributed by atoms with Crippen LogP contribution >= 0.6 is 11.3 Å². The summed E-state index contributed by atoms with van der Waals surface area (Å²) in [5, 5.41) is 2.55. The van der Waals surface area contributed by atoms with Crippen LogP contribution in [0.25, 0.3) is 26.2 Å². The number of nitrogens with zero attached hydrogens (tertiary/aromatic N) is 1. The van der Waals surface area contributed by atoms with Crippen molar-refractivity contribution in [2.45, 2.75) is 0 Å². The fourth-order valence-corrected chi connectivity index (χ4v) is 4.56. The molecule has 0 fully saturated rings. The first kappa shape index (κ1) is 14.2. The van der Waals surface area contributed by atoms with Gasteiger partial charge in [-0.05, 0) is 17.7 Å². The average Bonchev–Trinajstić information content (AvgIpc) is 2.95. The van der Waals surface area contributed by atoms with Crippen LogP contribution in [-0.2, 0) is 0 Å². The van der Waals surface area contributed by atoms with Crippen LogP contribution in [0.2, 0.25) is 0 Å². The van der Waals surface area contributed by atoms with Crippen LogP contribution < -0.4 is 5.73 Å². The largest absolute Gasteiger partial charge is 0.377 e. The van der Waals surface area contributed by atoms with Gasteiger partial charge in [0.1, 0.15) is 0 Å². The van der Waals surface area contributed by atoms with Crippen LogP contribution in [0.1, 0.15) is 16.7 Å². The van der Waals surface area contributed by atoms with Crippen LogP contribution in [0.4, 0.5) is 0 Å². The van der Waals surface area contributed by atoms with E-state index in [-0.39, 0.29) is 0 Å². The third-order valence-corrected chi connectivity index (χ3v) is 5.70. The molecule has 25 heavy (non-hydrogen) atoms. The van der Waals surface area contributed by atoms with Gasteiger partial charge in [0.2, 0.25) is 0 Å². The van der Waals surface area contributed by atoms with E-state index in [0.717, 1.165) is 22.4 Å². The Morgan fingerprint density at radius 1 is 0.800 bits per heavy atom. The summed E-state index contributed by atoms with van der Waals surface area (Å²) < 4.78 is 2.53. The molecule has 2 N–H and O–H groups in total. The van der Waals surface area contributed by atoms with Gasteiger partial charge in [0.05, 0.1) is 5.71 Å². The highest BCUT2D eigenvalue weighted by Crippen LogP contribution is 2.37. The molecule has 1 aliphatic heterocycles. The average molecular weight is 338 g/mol. The summed E-state index contributed by atoms with van der Waals surface area (Å²) in [6.45, 7) is 0. The fourth-order valence-electron chi connectivity index (χ4n) is 3.34. The topological polar surface area (TPSA) is 38.4 Å². The Bertz CT molecular complexity index is 1240. The van der Waals surface area contributed by atoms with Crippen LogP contribution in [0.3, 0.4) is 0 Å². The molecule has 0 unspecified atom stereocenters. The van der Waals surface area contributed by atoms with E-state index >= 15 is 0 Å². The highest BCUT2D eigenvalue weighted by Gasteiger charge is 2.17. The maximum absolute atomic E-state index is 6.05. The van der Waals surface area contributed by atoms with E-state index < -0.39 is 0 Å². The van der Waals surface area contributed by atoms with Crippen molar-refractivity contribution >= 4 is 43.3 Å². The molecular weight excluding hydrogens is 324 g/mol. The molecule has 4 aromatic rings. The first-order valence-electron chi connectivity index (χ1n) is 8.12. The van der Waals surface area contributed by atoms with Crippen LogP contribution in [-0.4, -0.2) is 5.71 Å². The van der Waals surface area contributed by atoms with E-state index in [1.807, 2.05) is 18.2 Å². The van der Waals surface area contributed by atoms with E-state index in [1.54, 1.807) is 11.3 Å². The van der Waals surface area contributed by atoms with Crippen LogP contribution in [0, 0.1) is 0 Å². The number of nitrogens with two attached hydrogens (primary N) is 1. The zero-order chi connectivity index (χ0) is 16.8. The standard InChI is InChI=1S/C22H14N2S/c23-20-13-12-14-6-1-2-7-15(14)21(24-20)18-10-5-9-17-16-8-3-4-11-19(16)25-22(17)18/h1-12H,23H2. The Kier molecular flexibility index (Phi) is 3.10.